The average molecular weight is 411 g/mol. The molecule has 0 aliphatic heterocycles. The van der Waals surface area contributed by atoms with Gasteiger partial charge in [-0.1, -0.05) is 13.8 Å². The summed E-state index contributed by atoms with van der Waals surface area (Å²) >= 11 is 0. The first kappa shape index (κ1) is 24.6. The van der Waals surface area contributed by atoms with E-state index in [2.05, 4.69) is 5.32 Å². The first-order valence-electron chi connectivity index (χ1n) is 9.71. The Labute approximate surface area is 172 Å². The van der Waals surface area contributed by atoms with Gasteiger partial charge in [0.1, 0.15) is 30.3 Å². The lowest BCUT2D eigenvalue weighted by atomic mass is 10.1. The van der Waals surface area contributed by atoms with Crippen molar-refractivity contribution in [2.45, 2.75) is 46.6 Å². The summed E-state index contributed by atoms with van der Waals surface area (Å²) in [4.78, 5) is 23.1. The van der Waals surface area contributed by atoms with Gasteiger partial charge in [0.05, 0.1) is 19.8 Å². The van der Waals surface area contributed by atoms with Crippen LogP contribution in [0, 0.1) is 5.92 Å². The van der Waals surface area contributed by atoms with Crippen LogP contribution in [0.15, 0.2) is 18.2 Å². The van der Waals surface area contributed by atoms with Crippen molar-refractivity contribution < 1.29 is 33.6 Å². The smallest absolute Gasteiger partial charge is 0.407 e. The summed E-state index contributed by atoms with van der Waals surface area (Å²) in [6.07, 6.45) is -0.0139. The molecule has 8 nitrogen and oxygen atoms in total. The molecule has 0 fully saturated rings. The van der Waals surface area contributed by atoms with Gasteiger partial charge in [-0.2, -0.15) is 0 Å². The van der Waals surface area contributed by atoms with Crippen molar-refractivity contribution in [3.8, 4) is 11.5 Å². The van der Waals surface area contributed by atoms with Crippen LogP contribution in [0.1, 0.15) is 40.2 Å². The Balaban J connectivity index is 2.33. The van der Waals surface area contributed by atoms with E-state index in [1.807, 2.05) is 13.8 Å². The number of phenolic OH excluding ortho intramolecular Hbond substituents is 1. The summed E-state index contributed by atoms with van der Waals surface area (Å²) < 4.78 is 21.0. The molecule has 8 heteroatoms. The molecule has 0 atom stereocenters. The summed E-state index contributed by atoms with van der Waals surface area (Å²) in [6.45, 7) is 10.3. The van der Waals surface area contributed by atoms with Crippen molar-refractivity contribution in [1.82, 2.24) is 5.32 Å². The van der Waals surface area contributed by atoms with Gasteiger partial charge in [-0.25, -0.2) is 9.59 Å². The molecule has 0 unspecified atom stereocenters. The van der Waals surface area contributed by atoms with E-state index in [0.717, 1.165) is 5.56 Å². The molecule has 0 aromatic heterocycles. The van der Waals surface area contributed by atoms with Crippen molar-refractivity contribution in [3.05, 3.63) is 23.8 Å². The number of hydrogen-bond donors (Lipinski definition) is 2. The minimum absolute atomic E-state index is 0.0638. The van der Waals surface area contributed by atoms with E-state index < -0.39 is 17.7 Å². The molecule has 1 amide bonds. The van der Waals surface area contributed by atoms with Gasteiger partial charge in [0.15, 0.2) is 0 Å². The highest BCUT2D eigenvalue weighted by Crippen LogP contribution is 2.22. The Kier molecular flexibility index (Phi) is 10.3. The van der Waals surface area contributed by atoms with Crippen molar-refractivity contribution in [3.63, 3.8) is 0 Å². The number of hydrogen-bond acceptors (Lipinski definition) is 7. The van der Waals surface area contributed by atoms with Crippen LogP contribution in [0.25, 0.3) is 0 Å². The number of phenols is 1. The predicted molar refractivity (Wildman–Crippen MR) is 108 cm³/mol. The summed E-state index contributed by atoms with van der Waals surface area (Å²) in [6, 6.07) is 4.86. The van der Waals surface area contributed by atoms with Crippen LogP contribution in [-0.2, 0) is 25.4 Å². The molecule has 0 saturated carbocycles. The number of carbonyl (C=O) groups excluding carboxylic acids is 2. The maximum absolute atomic E-state index is 11.6. The maximum atomic E-state index is 11.6. The number of esters is 1. The molecular weight excluding hydrogens is 378 g/mol. The molecule has 0 spiro atoms. The number of alkyl carbamates (subject to hydrolysis) is 1. The highest BCUT2D eigenvalue weighted by atomic mass is 16.6. The Morgan fingerprint density at radius 3 is 2.52 bits per heavy atom. The van der Waals surface area contributed by atoms with Crippen LogP contribution in [0.4, 0.5) is 4.79 Å². The number of rotatable bonds is 11. The molecule has 2 N–H and O–H groups in total. The summed E-state index contributed by atoms with van der Waals surface area (Å²) in [7, 11) is 0. The van der Waals surface area contributed by atoms with Crippen LogP contribution < -0.4 is 10.1 Å². The van der Waals surface area contributed by atoms with Crippen molar-refractivity contribution in [2.24, 2.45) is 5.92 Å². The molecule has 1 aromatic carbocycles. The zero-order valence-electron chi connectivity index (χ0n) is 17.9. The Morgan fingerprint density at radius 2 is 1.86 bits per heavy atom. The number of benzene rings is 1. The first-order chi connectivity index (χ1) is 13.5. The minimum atomic E-state index is -0.557. The second-order valence-electron chi connectivity index (χ2n) is 7.99. The zero-order valence-corrected chi connectivity index (χ0v) is 17.9. The highest BCUT2D eigenvalue weighted by Gasteiger charge is 2.15. The largest absolute Gasteiger partial charge is 0.508 e. The van der Waals surface area contributed by atoms with Gasteiger partial charge in [0, 0.05) is 6.07 Å². The third-order valence-electron chi connectivity index (χ3n) is 3.32. The third kappa shape index (κ3) is 12.6. The van der Waals surface area contributed by atoms with Gasteiger partial charge in [0.2, 0.25) is 0 Å². The van der Waals surface area contributed by atoms with Crippen LogP contribution in [0.3, 0.4) is 0 Å². The van der Waals surface area contributed by atoms with E-state index in [1.54, 1.807) is 32.9 Å². The van der Waals surface area contributed by atoms with Gasteiger partial charge in [0.25, 0.3) is 0 Å². The molecule has 0 aliphatic carbocycles. The fourth-order valence-corrected chi connectivity index (χ4v) is 2.15. The Hall–Kier alpha value is -2.48. The first-order valence-corrected chi connectivity index (χ1v) is 9.71. The van der Waals surface area contributed by atoms with Gasteiger partial charge >= 0.3 is 12.1 Å². The van der Waals surface area contributed by atoms with E-state index in [0.29, 0.717) is 25.4 Å². The zero-order chi connectivity index (χ0) is 21.9. The number of carbonyl (C=O) groups is 2. The quantitative estimate of drug-likeness (QED) is 0.426. The molecule has 1 aromatic rings. The summed E-state index contributed by atoms with van der Waals surface area (Å²) in [5.41, 5.74) is 0.244. The fraction of sp³-hybridized carbons (Fsp3) is 0.619. The Bertz CT molecular complexity index is 653. The number of nitrogens with one attached hydrogen (secondary N) is 1. The van der Waals surface area contributed by atoms with Crippen molar-refractivity contribution >= 4 is 12.1 Å². The Morgan fingerprint density at radius 1 is 1.14 bits per heavy atom. The lowest BCUT2D eigenvalue weighted by Crippen LogP contribution is -2.34. The van der Waals surface area contributed by atoms with Gasteiger partial charge in [-0.3, -0.25) is 0 Å². The van der Waals surface area contributed by atoms with Gasteiger partial charge in [-0.05, 0) is 50.8 Å². The van der Waals surface area contributed by atoms with Gasteiger partial charge < -0.3 is 29.4 Å². The third-order valence-corrected chi connectivity index (χ3v) is 3.32. The second-order valence-corrected chi connectivity index (χ2v) is 7.99. The minimum Gasteiger partial charge on any atom is -0.508 e. The SMILES string of the molecule is CC(C)COC(=O)COCCc1cc(O)cc(OCCNC(=O)OC(C)(C)C)c1. The topological polar surface area (TPSA) is 103 Å². The predicted octanol–water partition coefficient (Wildman–Crippen LogP) is 3.05. The van der Waals surface area contributed by atoms with E-state index in [1.165, 1.54) is 6.07 Å². The highest BCUT2D eigenvalue weighted by molar-refractivity contribution is 5.70. The van der Waals surface area contributed by atoms with E-state index in [4.69, 9.17) is 18.9 Å². The molecule has 0 aliphatic rings. The number of amides is 1. The lowest BCUT2D eigenvalue weighted by molar-refractivity contribution is -0.150. The summed E-state index contributed by atoms with van der Waals surface area (Å²) in [5, 5.41) is 12.4. The standard InChI is InChI=1S/C21H33NO7/c1-15(2)13-28-19(24)14-26-8-6-16-10-17(23)12-18(11-16)27-9-7-22-20(25)29-21(3,4)5/h10-12,15,23H,6-9,13-14H2,1-5H3,(H,22,25). The second kappa shape index (κ2) is 12.2. The van der Waals surface area contributed by atoms with Crippen molar-refractivity contribution in [1.29, 1.82) is 0 Å². The van der Waals surface area contributed by atoms with Crippen LogP contribution in [-0.4, -0.2) is 55.7 Å². The van der Waals surface area contributed by atoms with E-state index in [-0.39, 0.29) is 31.4 Å². The van der Waals surface area contributed by atoms with E-state index >= 15 is 0 Å². The molecule has 0 radical (unpaired) electrons. The van der Waals surface area contributed by atoms with Crippen molar-refractivity contribution in [2.75, 3.05) is 33.0 Å². The lowest BCUT2D eigenvalue weighted by Gasteiger charge is -2.19. The number of ether oxygens (including phenoxy) is 4. The normalized spacial score (nSPS) is 11.2. The number of aromatic hydroxyl groups is 1. The maximum Gasteiger partial charge on any atom is 0.407 e. The molecule has 0 bridgehead atoms. The van der Waals surface area contributed by atoms with Crippen LogP contribution in [0.5, 0.6) is 11.5 Å². The molecule has 1 rings (SSSR count). The molecule has 0 heterocycles. The fourth-order valence-electron chi connectivity index (χ4n) is 2.15. The average Bonchev–Trinajstić information content (AvgIpc) is 2.59. The molecule has 164 valence electrons. The molecular formula is C21H33NO7. The molecule has 29 heavy (non-hydrogen) atoms. The monoisotopic (exact) mass is 411 g/mol. The summed E-state index contributed by atoms with van der Waals surface area (Å²) in [5.74, 6) is 0.427. The molecule has 0 saturated heterocycles. The van der Waals surface area contributed by atoms with Gasteiger partial charge in [-0.15, -0.1) is 0 Å². The van der Waals surface area contributed by atoms with Crippen LogP contribution >= 0.6 is 0 Å². The van der Waals surface area contributed by atoms with Crippen LogP contribution in [0.2, 0.25) is 0 Å². The van der Waals surface area contributed by atoms with E-state index in [9.17, 15) is 14.7 Å².